The Morgan fingerprint density at radius 3 is 2.17 bits per heavy atom. The van der Waals surface area contributed by atoms with E-state index in [2.05, 4.69) is 15.8 Å². The summed E-state index contributed by atoms with van der Waals surface area (Å²) in [6.45, 7) is 0. The van der Waals surface area contributed by atoms with E-state index in [0.717, 1.165) is 0 Å². The number of carbonyl (C=O) groups excluding carboxylic acids is 3. The molecular formula is C30H24N4O8. The molecule has 0 fully saturated rings. The summed E-state index contributed by atoms with van der Waals surface area (Å²) in [7, 11) is 2.93. The smallest absolute Gasteiger partial charge is 0.343 e. The number of methoxy groups -OCH3 is 2. The van der Waals surface area contributed by atoms with Crippen LogP contribution >= 0.6 is 0 Å². The summed E-state index contributed by atoms with van der Waals surface area (Å²) in [5.74, 6) is -0.601. The van der Waals surface area contributed by atoms with Crippen LogP contribution in [0.3, 0.4) is 0 Å². The van der Waals surface area contributed by atoms with Gasteiger partial charge in [-0.1, -0.05) is 6.07 Å². The van der Waals surface area contributed by atoms with Gasteiger partial charge in [-0.2, -0.15) is 5.10 Å². The molecule has 4 aromatic carbocycles. The van der Waals surface area contributed by atoms with Gasteiger partial charge < -0.3 is 19.5 Å². The zero-order valence-electron chi connectivity index (χ0n) is 22.4. The highest BCUT2D eigenvalue weighted by Gasteiger charge is 2.15. The molecule has 0 bridgehead atoms. The highest BCUT2D eigenvalue weighted by atomic mass is 16.6. The van der Waals surface area contributed by atoms with E-state index in [1.54, 1.807) is 54.6 Å². The normalized spacial score (nSPS) is 10.5. The third-order valence-corrected chi connectivity index (χ3v) is 5.82. The molecule has 0 unspecified atom stereocenters. The molecular weight excluding hydrogens is 544 g/mol. The van der Waals surface area contributed by atoms with E-state index in [4.69, 9.17) is 14.2 Å². The standard InChI is InChI=1S/C30H24N4O8/c1-40-25-13-9-20(10-14-25)28(35)32-23-5-3-4-22(17-23)29(36)33-31-18-19-6-15-26(27(16-19)41-2)42-30(37)21-7-11-24(12-8-21)34(38)39/h3-18H,1-2H3,(H,32,35)(H,33,36). The van der Waals surface area contributed by atoms with Crippen LogP contribution in [0.25, 0.3) is 0 Å². The molecule has 2 amide bonds. The number of nitro benzene ring substituents is 1. The quantitative estimate of drug-likeness (QED) is 0.0903. The number of hydrazone groups is 1. The molecule has 0 radical (unpaired) electrons. The first kappa shape index (κ1) is 29.0. The van der Waals surface area contributed by atoms with Gasteiger partial charge in [0.15, 0.2) is 11.5 Å². The van der Waals surface area contributed by atoms with Crippen molar-refractivity contribution in [2.75, 3.05) is 19.5 Å². The summed E-state index contributed by atoms with van der Waals surface area (Å²) in [5, 5.41) is 17.5. The summed E-state index contributed by atoms with van der Waals surface area (Å²) in [6, 6.07) is 22.6. The molecule has 4 aromatic rings. The number of non-ortho nitro benzene ring substituents is 1. The summed E-state index contributed by atoms with van der Waals surface area (Å²) in [6.07, 6.45) is 1.37. The number of rotatable bonds is 10. The SMILES string of the molecule is COc1ccc(C(=O)Nc2cccc(C(=O)NN=Cc3ccc(OC(=O)c4ccc([N+](=O)[O-])cc4)c(OC)c3)c2)cc1. The predicted molar refractivity (Wildman–Crippen MR) is 153 cm³/mol. The first-order chi connectivity index (χ1) is 20.3. The van der Waals surface area contributed by atoms with Crippen molar-refractivity contribution in [2.45, 2.75) is 0 Å². The molecule has 0 spiro atoms. The van der Waals surface area contributed by atoms with Crippen LogP contribution in [0.5, 0.6) is 17.2 Å². The summed E-state index contributed by atoms with van der Waals surface area (Å²) in [4.78, 5) is 47.9. The first-order valence-corrected chi connectivity index (χ1v) is 12.3. The molecule has 42 heavy (non-hydrogen) atoms. The second-order valence-corrected chi connectivity index (χ2v) is 8.57. The number of hydrogen-bond donors (Lipinski definition) is 2. The number of hydrogen-bond acceptors (Lipinski definition) is 9. The van der Waals surface area contributed by atoms with Crippen LogP contribution in [-0.4, -0.2) is 43.1 Å². The molecule has 12 heteroatoms. The van der Waals surface area contributed by atoms with Gasteiger partial charge in [-0.05, 0) is 78.4 Å². The van der Waals surface area contributed by atoms with Crippen LogP contribution in [0.1, 0.15) is 36.6 Å². The molecule has 4 rings (SSSR count). The minimum atomic E-state index is -0.723. The van der Waals surface area contributed by atoms with E-state index < -0.39 is 16.8 Å². The molecule has 0 heterocycles. The average Bonchev–Trinajstić information content (AvgIpc) is 3.01. The Hall–Kier alpha value is -6.04. The molecule has 212 valence electrons. The van der Waals surface area contributed by atoms with Crippen molar-refractivity contribution < 1.29 is 33.5 Å². The van der Waals surface area contributed by atoms with Gasteiger partial charge in [-0.15, -0.1) is 0 Å². The zero-order chi connectivity index (χ0) is 30.1. The maximum absolute atomic E-state index is 12.6. The fraction of sp³-hybridized carbons (Fsp3) is 0.0667. The Bertz CT molecular complexity index is 1650. The Morgan fingerprint density at radius 2 is 1.50 bits per heavy atom. The fourth-order valence-electron chi connectivity index (χ4n) is 3.64. The minimum Gasteiger partial charge on any atom is -0.497 e. The van der Waals surface area contributed by atoms with E-state index in [-0.39, 0.29) is 34.2 Å². The second-order valence-electron chi connectivity index (χ2n) is 8.57. The lowest BCUT2D eigenvalue weighted by atomic mass is 10.1. The predicted octanol–water partition coefficient (Wildman–Crippen LogP) is 4.85. The number of esters is 1. The molecule has 2 N–H and O–H groups in total. The van der Waals surface area contributed by atoms with Gasteiger partial charge >= 0.3 is 5.97 Å². The third-order valence-electron chi connectivity index (χ3n) is 5.82. The number of benzene rings is 4. The summed E-state index contributed by atoms with van der Waals surface area (Å²) in [5.41, 5.74) is 4.05. The molecule has 0 saturated carbocycles. The van der Waals surface area contributed by atoms with E-state index in [1.807, 2.05) is 0 Å². The number of anilines is 1. The fourth-order valence-corrected chi connectivity index (χ4v) is 3.64. The van der Waals surface area contributed by atoms with Crippen molar-refractivity contribution in [3.8, 4) is 17.2 Å². The van der Waals surface area contributed by atoms with Crippen molar-refractivity contribution >= 4 is 35.4 Å². The number of nitrogens with one attached hydrogen (secondary N) is 2. The lowest BCUT2D eigenvalue weighted by Gasteiger charge is -2.10. The largest absolute Gasteiger partial charge is 0.497 e. The van der Waals surface area contributed by atoms with Gasteiger partial charge in [0.25, 0.3) is 17.5 Å². The van der Waals surface area contributed by atoms with E-state index >= 15 is 0 Å². The molecule has 0 atom stereocenters. The summed E-state index contributed by atoms with van der Waals surface area (Å²) < 4.78 is 15.8. The number of nitrogens with zero attached hydrogens (tertiary/aromatic N) is 2. The number of nitro groups is 1. The third kappa shape index (κ3) is 7.33. The highest BCUT2D eigenvalue weighted by molar-refractivity contribution is 6.05. The van der Waals surface area contributed by atoms with Crippen molar-refractivity contribution in [1.82, 2.24) is 5.43 Å². The van der Waals surface area contributed by atoms with Crippen molar-refractivity contribution in [2.24, 2.45) is 5.10 Å². The molecule has 0 aliphatic heterocycles. The number of ether oxygens (including phenoxy) is 3. The highest BCUT2D eigenvalue weighted by Crippen LogP contribution is 2.28. The van der Waals surface area contributed by atoms with Crippen molar-refractivity contribution in [3.05, 3.63) is 123 Å². The Kier molecular flexibility index (Phi) is 9.20. The van der Waals surface area contributed by atoms with Gasteiger partial charge in [0.05, 0.1) is 30.9 Å². The van der Waals surface area contributed by atoms with Crippen LogP contribution in [-0.2, 0) is 0 Å². The Labute approximate surface area is 239 Å². The van der Waals surface area contributed by atoms with E-state index in [0.29, 0.717) is 22.6 Å². The average molecular weight is 569 g/mol. The lowest BCUT2D eigenvalue weighted by Crippen LogP contribution is -2.18. The second kappa shape index (κ2) is 13.3. The number of amides is 2. The first-order valence-electron chi connectivity index (χ1n) is 12.3. The van der Waals surface area contributed by atoms with Gasteiger partial charge in [0.2, 0.25) is 0 Å². The molecule has 0 aromatic heterocycles. The van der Waals surface area contributed by atoms with Crippen molar-refractivity contribution in [3.63, 3.8) is 0 Å². The monoisotopic (exact) mass is 568 g/mol. The minimum absolute atomic E-state index is 0.121. The van der Waals surface area contributed by atoms with Gasteiger partial charge in [-0.25, -0.2) is 10.2 Å². The van der Waals surface area contributed by atoms with E-state index in [9.17, 15) is 24.5 Å². The van der Waals surface area contributed by atoms with Crippen LogP contribution in [0.4, 0.5) is 11.4 Å². The number of carbonyl (C=O) groups is 3. The maximum atomic E-state index is 12.6. The van der Waals surface area contributed by atoms with Crippen LogP contribution in [0.15, 0.2) is 96.1 Å². The van der Waals surface area contributed by atoms with Gasteiger partial charge in [0.1, 0.15) is 5.75 Å². The van der Waals surface area contributed by atoms with Crippen molar-refractivity contribution in [1.29, 1.82) is 0 Å². The lowest BCUT2D eigenvalue weighted by molar-refractivity contribution is -0.384. The molecule has 0 aliphatic carbocycles. The Balaban J connectivity index is 1.36. The molecule has 0 aliphatic rings. The van der Waals surface area contributed by atoms with Crippen LogP contribution in [0.2, 0.25) is 0 Å². The maximum Gasteiger partial charge on any atom is 0.343 e. The molecule has 0 saturated heterocycles. The topological polar surface area (TPSA) is 158 Å². The molecule has 12 nitrogen and oxygen atoms in total. The van der Waals surface area contributed by atoms with Gasteiger partial charge in [0, 0.05) is 28.9 Å². The van der Waals surface area contributed by atoms with Gasteiger partial charge in [-0.3, -0.25) is 19.7 Å². The van der Waals surface area contributed by atoms with E-state index in [1.165, 1.54) is 56.8 Å². The summed E-state index contributed by atoms with van der Waals surface area (Å²) >= 11 is 0. The Morgan fingerprint density at radius 1 is 0.786 bits per heavy atom. The van der Waals surface area contributed by atoms with Crippen LogP contribution < -0.4 is 25.0 Å². The van der Waals surface area contributed by atoms with Crippen LogP contribution in [0, 0.1) is 10.1 Å². The zero-order valence-corrected chi connectivity index (χ0v) is 22.4.